The number of nitrogen functional groups attached to an aromatic ring is 1. The van der Waals surface area contributed by atoms with Gasteiger partial charge < -0.3 is 5.73 Å². The molecule has 2 rings (SSSR count). The lowest BCUT2D eigenvalue weighted by Gasteiger charge is -2.18. The average molecular weight is 353 g/mol. The lowest BCUT2D eigenvalue weighted by Crippen LogP contribution is -2.14. The van der Waals surface area contributed by atoms with Gasteiger partial charge in [0.2, 0.25) is 0 Å². The van der Waals surface area contributed by atoms with Crippen LogP contribution in [0.3, 0.4) is 0 Å². The number of thiazole rings is 1. The summed E-state index contributed by atoms with van der Waals surface area (Å²) >= 11 is 5.29. The molecule has 20 heavy (non-hydrogen) atoms. The molecule has 0 saturated carbocycles. The number of nitrogens with two attached hydrogens (primary N) is 1. The van der Waals surface area contributed by atoms with Gasteiger partial charge in [0.25, 0.3) is 0 Å². The lowest BCUT2D eigenvalue weighted by atomic mass is 9.89. The molecule has 0 atom stereocenters. The minimum atomic E-state index is 0.0224. The Balaban J connectivity index is 2.46. The molecule has 2 aromatic rings. The van der Waals surface area contributed by atoms with Crippen molar-refractivity contribution in [2.24, 2.45) is 0 Å². The van der Waals surface area contributed by atoms with Gasteiger partial charge >= 0.3 is 0 Å². The van der Waals surface area contributed by atoms with Gasteiger partial charge in [-0.05, 0) is 36.6 Å². The molecule has 0 aliphatic heterocycles. The summed E-state index contributed by atoms with van der Waals surface area (Å²) in [6, 6.07) is 4.39. The molecule has 0 amide bonds. The molecule has 0 fully saturated rings. The standard InChI is InChI=1S/C16H21BrN2S/c1-9-6-10(2)11(12(17)7-9)8-13-14(16(3,4)5)19-15(18)20-13/h6-7H,8H2,1-5H3,(H2,18,19). The summed E-state index contributed by atoms with van der Waals surface area (Å²) in [6.07, 6.45) is 0.883. The van der Waals surface area contributed by atoms with Crippen LogP contribution in [0, 0.1) is 13.8 Å². The summed E-state index contributed by atoms with van der Waals surface area (Å²) in [5.74, 6) is 0. The zero-order chi connectivity index (χ0) is 15.1. The van der Waals surface area contributed by atoms with Gasteiger partial charge in [0.1, 0.15) is 0 Å². The predicted molar refractivity (Wildman–Crippen MR) is 91.6 cm³/mol. The summed E-state index contributed by atoms with van der Waals surface area (Å²) in [6.45, 7) is 10.8. The Morgan fingerprint density at radius 3 is 2.45 bits per heavy atom. The molecule has 0 aliphatic carbocycles. The third-order valence-corrected chi connectivity index (χ3v) is 4.92. The van der Waals surface area contributed by atoms with Gasteiger partial charge in [0, 0.05) is 21.2 Å². The van der Waals surface area contributed by atoms with E-state index >= 15 is 0 Å². The van der Waals surface area contributed by atoms with Crippen molar-refractivity contribution < 1.29 is 0 Å². The van der Waals surface area contributed by atoms with E-state index in [1.54, 1.807) is 11.3 Å². The van der Waals surface area contributed by atoms with E-state index in [-0.39, 0.29) is 5.41 Å². The van der Waals surface area contributed by atoms with E-state index in [4.69, 9.17) is 5.73 Å². The fourth-order valence-electron chi connectivity index (χ4n) is 2.41. The quantitative estimate of drug-likeness (QED) is 0.826. The van der Waals surface area contributed by atoms with Crippen molar-refractivity contribution in [3.05, 3.63) is 43.9 Å². The predicted octanol–water partition coefficient (Wildman–Crippen LogP) is 4.99. The first-order valence-corrected chi connectivity index (χ1v) is 8.30. The third-order valence-electron chi connectivity index (χ3n) is 3.32. The number of aromatic nitrogens is 1. The highest BCUT2D eigenvalue weighted by molar-refractivity contribution is 9.10. The van der Waals surface area contributed by atoms with Gasteiger partial charge in [-0.15, -0.1) is 11.3 Å². The monoisotopic (exact) mass is 352 g/mol. The largest absolute Gasteiger partial charge is 0.375 e. The number of aryl methyl sites for hydroxylation is 2. The van der Waals surface area contributed by atoms with E-state index in [0.29, 0.717) is 5.13 Å². The number of rotatable bonds is 2. The number of anilines is 1. The molecule has 0 spiro atoms. The van der Waals surface area contributed by atoms with Gasteiger partial charge in [-0.2, -0.15) is 0 Å². The number of hydrogen-bond donors (Lipinski definition) is 1. The number of halogens is 1. The highest BCUT2D eigenvalue weighted by Gasteiger charge is 2.23. The first-order valence-electron chi connectivity index (χ1n) is 6.69. The number of benzene rings is 1. The van der Waals surface area contributed by atoms with Crippen LogP contribution in [-0.4, -0.2) is 4.98 Å². The highest BCUT2D eigenvalue weighted by Crippen LogP contribution is 2.34. The van der Waals surface area contributed by atoms with Crippen molar-refractivity contribution in [1.29, 1.82) is 0 Å². The summed E-state index contributed by atoms with van der Waals surface area (Å²) in [7, 11) is 0. The molecular formula is C16H21BrN2S. The summed E-state index contributed by atoms with van der Waals surface area (Å²) in [5.41, 5.74) is 11.0. The van der Waals surface area contributed by atoms with Crippen LogP contribution in [0.4, 0.5) is 5.13 Å². The summed E-state index contributed by atoms with van der Waals surface area (Å²) in [4.78, 5) is 5.80. The van der Waals surface area contributed by atoms with Crippen LogP contribution in [0.25, 0.3) is 0 Å². The molecule has 108 valence electrons. The Bertz CT molecular complexity index is 615. The maximum Gasteiger partial charge on any atom is 0.180 e. The van der Waals surface area contributed by atoms with E-state index < -0.39 is 0 Å². The topological polar surface area (TPSA) is 38.9 Å². The molecule has 2 N–H and O–H groups in total. The van der Waals surface area contributed by atoms with Gasteiger partial charge in [-0.1, -0.05) is 42.8 Å². The minimum Gasteiger partial charge on any atom is -0.375 e. The fourth-order valence-corrected chi connectivity index (χ4v) is 4.27. The Hall–Kier alpha value is -0.870. The molecular weight excluding hydrogens is 332 g/mol. The average Bonchev–Trinajstić information content (AvgIpc) is 2.64. The van der Waals surface area contributed by atoms with E-state index in [1.165, 1.54) is 26.0 Å². The van der Waals surface area contributed by atoms with Crippen molar-refractivity contribution in [2.75, 3.05) is 5.73 Å². The molecule has 1 aromatic carbocycles. The SMILES string of the molecule is Cc1cc(C)c(Cc2sc(N)nc2C(C)(C)C)c(Br)c1. The normalized spacial score (nSPS) is 11.9. The Labute approximate surface area is 133 Å². The zero-order valence-electron chi connectivity index (χ0n) is 12.7. The van der Waals surface area contributed by atoms with Crippen LogP contribution in [-0.2, 0) is 11.8 Å². The molecule has 4 heteroatoms. The fraction of sp³-hybridized carbons (Fsp3) is 0.438. The van der Waals surface area contributed by atoms with Gasteiger partial charge in [0.05, 0.1) is 5.69 Å². The van der Waals surface area contributed by atoms with Crippen molar-refractivity contribution in [1.82, 2.24) is 4.98 Å². The highest BCUT2D eigenvalue weighted by atomic mass is 79.9. The summed E-state index contributed by atoms with van der Waals surface area (Å²) in [5, 5.41) is 0.658. The molecule has 2 nitrogen and oxygen atoms in total. The summed E-state index contributed by atoms with van der Waals surface area (Å²) < 4.78 is 1.17. The van der Waals surface area contributed by atoms with E-state index in [1.807, 2.05) is 0 Å². The van der Waals surface area contributed by atoms with E-state index in [0.717, 1.165) is 12.1 Å². The molecule has 1 heterocycles. The van der Waals surface area contributed by atoms with Gasteiger partial charge in [0.15, 0.2) is 5.13 Å². The van der Waals surface area contributed by atoms with Crippen molar-refractivity contribution in [2.45, 2.75) is 46.5 Å². The molecule has 0 aliphatic rings. The maximum absolute atomic E-state index is 5.93. The van der Waals surface area contributed by atoms with Gasteiger partial charge in [-0.25, -0.2) is 4.98 Å². The van der Waals surface area contributed by atoms with Gasteiger partial charge in [-0.3, -0.25) is 0 Å². The second-order valence-corrected chi connectivity index (χ2v) is 8.26. The smallest absolute Gasteiger partial charge is 0.180 e. The molecule has 0 unspecified atom stereocenters. The van der Waals surface area contributed by atoms with Crippen molar-refractivity contribution >= 4 is 32.4 Å². The second kappa shape index (κ2) is 5.49. The van der Waals surface area contributed by atoms with Crippen LogP contribution in [0.5, 0.6) is 0 Å². The van der Waals surface area contributed by atoms with Crippen LogP contribution < -0.4 is 5.73 Å². The van der Waals surface area contributed by atoms with E-state index in [9.17, 15) is 0 Å². The minimum absolute atomic E-state index is 0.0224. The van der Waals surface area contributed by atoms with Crippen molar-refractivity contribution in [3.8, 4) is 0 Å². The number of hydrogen-bond acceptors (Lipinski definition) is 3. The molecule has 0 radical (unpaired) electrons. The lowest BCUT2D eigenvalue weighted by molar-refractivity contribution is 0.568. The van der Waals surface area contributed by atoms with Crippen LogP contribution in [0.1, 0.15) is 48.0 Å². The van der Waals surface area contributed by atoms with Crippen LogP contribution in [0.15, 0.2) is 16.6 Å². The number of nitrogens with zero attached hydrogens (tertiary/aromatic N) is 1. The van der Waals surface area contributed by atoms with Crippen LogP contribution >= 0.6 is 27.3 Å². The Kier molecular flexibility index (Phi) is 4.26. The first kappa shape index (κ1) is 15.5. The zero-order valence-corrected chi connectivity index (χ0v) is 15.1. The molecule has 0 bridgehead atoms. The van der Waals surface area contributed by atoms with Crippen LogP contribution in [0.2, 0.25) is 0 Å². The molecule has 1 aromatic heterocycles. The second-order valence-electron chi connectivity index (χ2n) is 6.29. The third kappa shape index (κ3) is 3.23. The maximum atomic E-state index is 5.93. The Morgan fingerprint density at radius 1 is 1.25 bits per heavy atom. The first-order chi connectivity index (χ1) is 9.18. The Morgan fingerprint density at radius 2 is 1.90 bits per heavy atom. The van der Waals surface area contributed by atoms with Crippen molar-refractivity contribution in [3.63, 3.8) is 0 Å². The van der Waals surface area contributed by atoms with E-state index in [2.05, 4.69) is 67.7 Å². The molecule has 0 saturated heterocycles.